The van der Waals surface area contributed by atoms with Crippen LogP contribution < -0.4 is 10.9 Å². The molecule has 6 heteroatoms. The SMILES string of the molecule is O=C(Nc1ccc(Cl)cn1)c1cc(=O)[nH]c2ccccc12. The summed E-state index contributed by atoms with van der Waals surface area (Å²) in [5.74, 6) is -0.0270. The van der Waals surface area contributed by atoms with E-state index in [4.69, 9.17) is 11.6 Å². The molecule has 21 heavy (non-hydrogen) atoms. The third kappa shape index (κ3) is 2.78. The highest BCUT2D eigenvalue weighted by molar-refractivity contribution is 6.30. The topological polar surface area (TPSA) is 74.8 Å². The lowest BCUT2D eigenvalue weighted by atomic mass is 10.1. The predicted octanol–water partition coefficient (Wildman–Crippen LogP) is 2.83. The summed E-state index contributed by atoms with van der Waals surface area (Å²) in [5.41, 5.74) is 0.577. The van der Waals surface area contributed by atoms with Gasteiger partial charge in [0.05, 0.1) is 10.6 Å². The summed E-state index contributed by atoms with van der Waals surface area (Å²) in [6.07, 6.45) is 1.44. The number of nitrogens with zero attached hydrogens (tertiary/aromatic N) is 1. The number of halogens is 1. The Balaban J connectivity index is 2.01. The van der Waals surface area contributed by atoms with Crippen LogP contribution in [0.15, 0.2) is 53.5 Å². The fourth-order valence-corrected chi connectivity index (χ4v) is 2.14. The van der Waals surface area contributed by atoms with Crippen molar-refractivity contribution in [2.75, 3.05) is 5.32 Å². The van der Waals surface area contributed by atoms with Gasteiger partial charge < -0.3 is 10.3 Å². The van der Waals surface area contributed by atoms with Gasteiger partial charge in [-0.25, -0.2) is 4.98 Å². The maximum Gasteiger partial charge on any atom is 0.257 e. The van der Waals surface area contributed by atoms with Gasteiger partial charge in [-0.2, -0.15) is 0 Å². The molecule has 0 saturated carbocycles. The minimum absolute atomic E-state index is 0.297. The van der Waals surface area contributed by atoms with Gasteiger partial charge in [0.1, 0.15) is 5.82 Å². The zero-order valence-electron chi connectivity index (χ0n) is 10.8. The molecular weight excluding hydrogens is 290 g/mol. The molecule has 2 N–H and O–H groups in total. The van der Waals surface area contributed by atoms with E-state index < -0.39 is 5.91 Å². The van der Waals surface area contributed by atoms with Gasteiger partial charge in [-0.05, 0) is 18.2 Å². The van der Waals surface area contributed by atoms with Crippen molar-refractivity contribution in [2.45, 2.75) is 0 Å². The monoisotopic (exact) mass is 299 g/mol. The Bertz CT molecular complexity index is 872. The lowest BCUT2D eigenvalue weighted by Crippen LogP contribution is -2.17. The minimum atomic E-state index is -0.396. The van der Waals surface area contributed by atoms with Crippen LogP contribution in [0.25, 0.3) is 10.9 Å². The van der Waals surface area contributed by atoms with E-state index in [1.165, 1.54) is 12.3 Å². The number of para-hydroxylation sites is 1. The van der Waals surface area contributed by atoms with E-state index in [-0.39, 0.29) is 5.56 Å². The molecule has 0 fully saturated rings. The summed E-state index contributed by atoms with van der Waals surface area (Å²) in [5, 5.41) is 3.79. The second-order valence-corrected chi connectivity index (χ2v) is 4.85. The first-order valence-electron chi connectivity index (χ1n) is 6.18. The molecule has 5 nitrogen and oxygen atoms in total. The smallest absolute Gasteiger partial charge is 0.257 e. The highest BCUT2D eigenvalue weighted by atomic mass is 35.5. The maximum absolute atomic E-state index is 12.3. The van der Waals surface area contributed by atoms with Crippen LogP contribution >= 0.6 is 11.6 Å². The van der Waals surface area contributed by atoms with E-state index in [0.717, 1.165) is 0 Å². The van der Waals surface area contributed by atoms with E-state index in [9.17, 15) is 9.59 Å². The van der Waals surface area contributed by atoms with Gasteiger partial charge in [-0.1, -0.05) is 29.8 Å². The van der Waals surface area contributed by atoms with Crippen LogP contribution in [0.3, 0.4) is 0 Å². The Hall–Kier alpha value is -2.66. The number of carbonyl (C=O) groups excluding carboxylic acids is 1. The van der Waals surface area contributed by atoms with E-state index in [1.54, 1.807) is 36.4 Å². The molecule has 3 rings (SSSR count). The first-order chi connectivity index (χ1) is 10.1. The zero-order chi connectivity index (χ0) is 14.8. The Morgan fingerprint density at radius 1 is 1.19 bits per heavy atom. The molecule has 1 aromatic carbocycles. The van der Waals surface area contributed by atoms with Gasteiger partial charge in [-0.15, -0.1) is 0 Å². The first kappa shape index (κ1) is 13.3. The average Bonchev–Trinajstić information content (AvgIpc) is 2.48. The number of fused-ring (bicyclic) bond motifs is 1. The molecule has 0 spiro atoms. The second-order valence-electron chi connectivity index (χ2n) is 4.41. The largest absolute Gasteiger partial charge is 0.322 e. The van der Waals surface area contributed by atoms with Crippen molar-refractivity contribution >= 4 is 34.2 Å². The lowest BCUT2D eigenvalue weighted by Gasteiger charge is -2.07. The summed E-state index contributed by atoms with van der Waals surface area (Å²) in [6.45, 7) is 0. The number of H-pyrrole nitrogens is 1. The van der Waals surface area contributed by atoms with Crippen molar-refractivity contribution in [3.63, 3.8) is 0 Å². The fourth-order valence-electron chi connectivity index (χ4n) is 2.03. The Morgan fingerprint density at radius 3 is 2.76 bits per heavy atom. The molecule has 2 aromatic heterocycles. The normalized spacial score (nSPS) is 10.5. The lowest BCUT2D eigenvalue weighted by molar-refractivity contribution is 0.102. The van der Waals surface area contributed by atoms with Crippen molar-refractivity contribution in [3.05, 3.63) is 69.6 Å². The van der Waals surface area contributed by atoms with Crippen LogP contribution in [-0.4, -0.2) is 15.9 Å². The second kappa shape index (κ2) is 5.38. The quantitative estimate of drug-likeness (QED) is 0.764. The predicted molar refractivity (Wildman–Crippen MR) is 81.8 cm³/mol. The van der Waals surface area contributed by atoms with Crippen LogP contribution in [-0.2, 0) is 0 Å². The Labute approximate surface area is 124 Å². The number of anilines is 1. The van der Waals surface area contributed by atoms with Crippen molar-refractivity contribution in [2.24, 2.45) is 0 Å². The van der Waals surface area contributed by atoms with Crippen LogP contribution in [0.1, 0.15) is 10.4 Å². The number of carbonyl (C=O) groups is 1. The number of hydrogen-bond acceptors (Lipinski definition) is 3. The van der Waals surface area contributed by atoms with Crippen molar-refractivity contribution in [1.82, 2.24) is 9.97 Å². The number of rotatable bonds is 2. The molecule has 0 aliphatic carbocycles. The third-order valence-electron chi connectivity index (χ3n) is 2.96. The Kier molecular flexibility index (Phi) is 3.41. The first-order valence-corrected chi connectivity index (χ1v) is 6.56. The van der Waals surface area contributed by atoms with Gasteiger partial charge in [0.2, 0.25) is 5.56 Å². The van der Waals surface area contributed by atoms with E-state index >= 15 is 0 Å². The molecular formula is C15H10ClN3O2. The van der Waals surface area contributed by atoms with Gasteiger partial charge in [-0.3, -0.25) is 9.59 Å². The molecule has 104 valence electrons. The Morgan fingerprint density at radius 2 is 2.00 bits per heavy atom. The number of hydrogen-bond donors (Lipinski definition) is 2. The molecule has 0 aliphatic heterocycles. The van der Waals surface area contributed by atoms with Gasteiger partial charge in [0.15, 0.2) is 0 Å². The molecule has 0 saturated heterocycles. The van der Waals surface area contributed by atoms with Crippen molar-refractivity contribution in [1.29, 1.82) is 0 Å². The van der Waals surface area contributed by atoms with E-state index in [1.807, 2.05) is 0 Å². The van der Waals surface area contributed by atoms with Crippen LogP contribution in [0.4, 0.5) is 5.82 Å². The highest BCUT2D eigenvalue weighted by Gasteiger charge is 2.12. The average molecular weight is 300 g/mol. The standard InChI is InChI=1S/C15H10ClN3O2/c16-9-5-6-13(17-8-9)19-15(21)11-7-14(20)18-12-4-2-1-3-10(11)12/h1-8H,(H,18,20)(H,17,19,21). The van der Waals surface area contributed by atoms with Crippen molar-refractivity contribution < 1.29 is 4.79 Å². The van der Waals surface area contributed by atoms with Crippen LogP contribution in [0.5, 0.6) is 0 Å². The minimum Gasteiger partial charge on any atom is -0.322 e. The summed E-state index contributed by atoms with van der Waals surface area (Å²) in [6, 6.07) is 11.6. The number of aromatic nitrogens is 2. The summed E-state index contributed by atoms with van der Waals surface area (Å²) >= 11 is 5.74. The van der Waals surface area contributed by atoms with Crippen molar-refractivity contribution in [3.8, 4) is 0 Å². The zero-order valence-corrected chi connectivity index (χ0v) is 11.5. The van der Waals surface area contributed by atoms with Crippen LogP contribution in [0, 0.1) is 0 Å². The summed E-state index contributed by atoms with van der Waals surface area (Å²) in [7, 11) is 0. The molecule has 0 aliphatic rings. The number of amides is 1. The number of benzene rings is 1. The van der Waals surface area contributed by atoms with Crippen LogP contribution in [0.2, 0.25) is 5.02 Å². The number of nitrogens with one attached hydrogen (secondary N) is 2. The molecule has 0 radical (unpaired) electrons. The highest BCUT2D eigenvalue weighted by Crippen LogP contribution is 2.16. The van der Waals surface area contributed by atoms with Gasteiger partial charge in [0.25, 0.3) is 5.91 Å². The number of pyridine rings is 2. The fraction of sp³-hybridized carbons (Fsp3) is 0. The molecule has 1 amide bonds. The molecule has 0 bridgehead atoms. The third-order valence-corrected chi connectivity index (χ3v) is 3.19. The van der Waals surface area contributed by atoms with E-state index in [0.29, 0.717) is 27.3 Å². The van der Waals surface area contributed by atoms with Gasteiger partial charge in [0, 0.05) is 23.2 Å². The molecule has 2 heterocycles. The van der Waals surface area contributed by atoms with Gasteiger partial charge >= 0.3 is 0 Å². The summed E-state index contributed by atoms with van der Waals surface area (Å²) in [4.78, 5) is 30.6. The maximum atomic E-state index is 12.3. The summed E-state index contributed by atoms with van der Waals surface area (Å²) < 4.78 is 0. The number of aromatic amines is 1. The van der Waals surface area contributed by atoms with E-state index in [2.05, 4.69) is 15.3 Å². The molecule has 0 unspecified atom stereocenters. The molecule has 3 aromatic rings. The molecule has 0 atom stereocenters.